The van der Waals surface area contributed by atoms with Crippen molar-refractivity contribution in [1.82, 2.24) is 4.98 Å². The molecule has 15 heavy (non-hydrogen) atoms. The first-order valence-corrected chi connectivity index (χ1v) is 4.81. The molecule has 0 spiro atoms. The van der Waals surface area contributed by atoms with Crippen molar-refractivity contribution in [2.24, 2.45) is 10.2 Å². The molecule has 0 radical (unpaired) electrons. The zero-order valence-corrected chi connectivity index (χ0v) is 8.59. The molecule has 1 aromatic carbocycles. The maximum atomic E-state index is 5.78. The van der Waals surface area contributed by atoms with Gasteiger partial charge in [-0.2, -0.15) is 0 Å². The van der Waals surface area contributed by atoms with Crippen LogP contribution in [0.4, 0.5) is 11.5 Å². The largest absolute Gasteiger partial charge is 0.236 e. The summed E-state index contributed by atoms with van der Waals surface area (Å²) in [6.07, 6.45) is 1.60. The van der Waals surface area contributed by atoms with Gasteiger partial charge in [0, 0.05) is 17.3 Å². The summed E-state index contributed by atoms with van der Waals surface area (Å²) in [5, 5.41) is 8.59. The molecule has 1 heterocycles. The maximum Gasteiger partial charge on any atom is 0.175 e. The number of pyridine rings is 1. The van der Waals surface area contributed by atoms with Crippen LogP contribution in [0.15, 0.2) is 58.9 Å². The Balaban J connectivity index is 2.19. The lowest BCUT2D eigenvalue weighted by Gasteiger charge is -1.92. The number of hydrogen-bond acceptors (Lipinski definition) is 3. The number of nitrogens with zero attached hydrogens (tertiary/aromatic N) is 3. The molecule has 3 nitrogen and oxygen atoms in total. The molecule has 0 saturated carbocycles. The van der Waals surface area contributed by atoms with Crippen LogP contribution in [0.5, 0.6) is 0 Å². The SMILES string of the molecule is Clc1ccnc(N=Nc2ccccc2)c1. The lowest BCUT2D eigenvalue weighted by Crippen LogP contribution is -1.71. The second-order valence-electron chi connectivity index (χ2n) is 2.87. The van der Waals surface area contributed by atoms with Gasteiger partial charge in [0.1, 0.15) is 0 Å². The third kappa shape index (κ3) is 2.86. The zero-order valence-electron chi connectivity index (χ0n) is 7.84. The second kappa shape index (κ2) is 4.66. The lowest BCUT2D eigenvalue weighted by molar-refractivity contribution is 1.15. The van der Waals surface area contributed by atoms with E-state index in [1.807, 2.05) is 30.3 Å². The molecule has 0 unspecified atom stereocenters. The van der Waals surface area contributed by atoms with Gasteiger partial charge < -0.3 is 0 Å². The van der Waals surface area contributed by atoms with E-state index in [0.717, 1.165) is 5.69 Å². The van der Waals surface area contributed by atoms with Crippen LogP contribution in [-0.4, -0.2) is 4.98 Å². The standard InChI is InChI=1S/C11H8ClN3/c12-9-6-7-13-11(8-9)15-14-10-4-2-1-3-5-10/h1-8H. The summed E-state index contributed by atoms with van der Waals surface area (Å²) < 4.78 is 0. The molecule has 0 saturated heterocycles. The number of aromatic nitrogens is 1. The molecule has 0 aliphatic rings. The van der Waals surface area contributed by atoms with Crippen molar-refractivity contribution in [3.05, 3.63) is 53.7 Å². The van der Waals surface area contributed by atoms with Gasteiger partial charge in [-0.1, -0.05) is 29.8 Å². The Morgan fingerprint density at radius 2 is 1.80 bits per heavy atom. The van der Waals surface area contributed by atoms with E-state index >= 15 is 0 Å². The Morgan fingerprint density at radius 1 is 1.00 bits per heavy atom. The van der Waals surface area contributed by atoms with Crippen LogP contribution in [0.1, 0.15) is 0 Å². The highest BCUT2D eigenvalue weighted by molar-refractivity contribution is 6.30. The van der Waals surface area contributed by atoms with Crippen molar-refractivity contribution in [2.75, 3.05) is 0 Å². The van der Waals surface area contributed by atoms with Crippen molar-refractivity contribution in [3.8, 4) is 0 Å². The molecule has 0 fully saturated rings. The van der Waals surface area contributed by atoms with E-state index in [-0.39, 0.29) is 0 Å². The van der Waals surface area contributed by atoms with Crippen LogP contribution in [0.3, 0.4) is 0 Å². The average Bonchev–Trinajstić information content (AvgIpc) is 2.28. The van der Waals surface area contributed by atoms with Crippen molar-refractivity contribution in [3.63, 3.8) is 0 Å². The fourth-order valence-corrected chi connectivity index (χ4v) is 1.21. The highest BCUT2D eigenvalue weighted by Gasteiger charge is 1.92. The van der Waals surface area contributed by atoms with Gasteiger partial charge in [0.05, 0.1) is 5.69 Å². The lowest BCUT2D eigenvalue weighted by atomic mass is 10.3. The molecular formula is C11H8ClN3. The summed E-state index contributed by atoms with van der Waals surface area (Å²) in [4.78, 5) is 4.01. The normalized spacial score (nSPS) is 10.7. The number of hydrogen-bond donors (Lipinski definition) is 0. The van der Waals surface area contributed by atoms with Crippen LogP contribution in [0.2, 0.25) is 5.02 Å². The van der Waals surface area contributed by atoms with Gasteiger partial charge in [-0.05, 0) is 18.2 Å². The molecule has 0 N–H and O–H groups in total. The van der Waals surface area contributed by atoms with E-state index in [1.54, 1.807) is 18.3 Å². The van der Waals surface area contributed by atoms with Gasteiger partial charge >= 0.3 is 0 Å². The number of halogens is 1. The van der Waals surface area contributed by atoms with Crippen LogP contribution in [0, 0.1) is 0 Å². The van der Waals surface area contributed by atoms with Crippen molar-refractivity contribution >= 4 is 23.1 Å². The van der Waals surface area contributed by atoms with E-state index in [0.29, 0.717) is 10.8 Å². The van der Waals surface area contributed by atoms with Gasteiger partial charge in [0.2, 0.25) is 0 Å². The molecule has 0 atom stereocenters. The smallest absolute Gasteiger partial charge is 0.175 e. The van der Waals surface area contributed by atoms with E-state index in [1.165, 1.54) is 0 Å². The molecule has 1 aromatic heterocycles. The zero-order chi connectivity index (χ0) is 10.5. The molecular weight excluding hydrogens is 210 g/mol. The third-order valence-corrected chi connectivity index (χ3v) is 1.97. The summed E-state index contributed by atoms with van der Waals surface area (Å²) in [6, 6.07) is 12.8. The van der Waals surface area contributed by atoms with Crippen molar-refractivity contribution in [2.45, 2.75) is 0 Å². The van der Waals surface area contributed by atoms with E-state index in [9.17, 15) is 0 Å². The predicted octanol–water partition coefficient (Wildman–Crippen LogP) is 4.15. The van der Waals surface area contributed by atoms with Gasteiger partial charge in [-0.15, -0.1) is 10.2 Å². The Bertz CT molecular complexity index is 468. The minimum Gasteiger partial charge on any atom is -0.236 e. The predicted molar refractivity (Wildman–Crippen MR) is 59.9 cm³/mol. The Hall–Kier alpha value is -1.74. The van der Waals surface area contributed by atoms with Gasteiger partial charge in [-0.3, -0.25) is 0 Å². The van der Waals surface area contributed by atoms with Crippen LogP contribution >= 0.6 is 11.6 Å². The summed E-state index contributed by atoms with van der Waals surface area (Å²) in [6.45, 7) is 0. The molecule has 0 aliphatic heterocycles. The van der Waals surface area contributed by atoms with Crippen LogP contribution in [-0.2, 0) is 0 Å². The van der Waals surface area contributed by atoms with Gasteiger partial charge in [0.15, 0.2) is 5.82 Å². The second-order valence-corrected chi connectivity index (χ2v) is 3.30. The summed E-state index contributed by atoms with van der Waals surface area (Å²) >= 11 is 5.78. The third-order valence-electron chi connectivity index (χ3n) is 1.73. The fraction of sp³-hybridized carbons (Fsp3) is 0. The number of benzene rings is 1. The number of azo groups is 1. The Kier molecular flexibility index (Phi) is 3.05. The van der Waals surface area contributed by atoms with Crippen molar-refractivity contribution < 1.29 is 0 Å². The van der Waals surface area contributed by atoms with E-state index < -0.39 is 0 Å². The molecule has 0 aliphatic carbocycles. The fourth-order valence-electron chi connectivity index (χ4n) is 1.05. The van der Waals surface area contributed by atoms with E-state index in [4.69, 9.17) is 11.6 Å². The Labute approximate surface area is 92.5 Å². The first kappa shape index (κ1) is 9.80. The summed E-state index contributed by atoms with van der Waals surface area (Å²) in [7, 11) is 0. The highest BCUT2D eigenvalue weighted by Crippen LogP contribution is 2.18. The average molecular weight is 218 g/mol. The topological polar surface area (TPSA) is 37.6 Å². The summed E-state index contributed by atoms with van der Waals surface area (Å²) in [5.41, 5.74) is 0.791. The molecule has 0 bridgehead atoms. The quantitative estimate of drug-likeness (QED) is 0.697. The minimum absolute atomic E-state index is 0.506. The van der Waals surface area contributed by atoms with Gasteiger partial charge in [0.25, 0.3) is 0 Å². The number of rotatable bonds is 2. The molecule has 0 amide bonds. The summed E-state index contributed by atoms with van der Waals surface area (Å²) in [5.74, 6) is 0.506. The first-order valence-electron chi connectivity index (χ1n) is 4.43. The molecule has 2 aromatic rings. The maximum absolute atomic E-state index is 5.78. The van der Waals surface area contributed by atoms with Gasteiger partial charge in [-0.25, -0.2) is 4.98 Å². The van der Waals surface area contributed by atoms with E-state index in [2.05, 4.69) is 15.2 Å². The highest BCUT2D eigenvalue weighted by atomic mass is 35.5. The molecule has 2 rings (SSSR count). The minimum atomic E-state index is 0.506. The molecule has 74 valence electrons. The van der Waals surface area contributed by atoms with Crippen LogP contribution in [0.25, 0.3) is 0 Å². The van der Waals surface area contributed by atoms with Crippen molar-refractivity contribution in [1.29, 1.82) is 0 Å². The monoisotopic (exact) mass is 217 g/mol. The first-order chi connectivity index (χ1) is 7.34. The molecule has 4 heteroatoms. The van der Waals surface area contributed by atoms with Crippen LogP contribution < -0.4 is 0 Å². The Morgan fingerprint density at radius 3 is 2.53 bits per heavy atom.